The molecule has 2 aromatic rings. The Balaban J connectivity index is 1.68. The molecule has 0 bridgehead atoms. The molecule has 0 amide bonds. The second kappa shape index (κ2) is 6.63. The molecule has 2 N–H and O–H groups in total. The summed E-state index contributed by atoms with van der Waals surface area (Å²) in [5, 5.41) is 3.11. The summed E-state index contributed by atoms with van der Waals surface area (Å²) < 4.78 is 0. The van der Waals surface area contributed by atoms with Gasteiger partial charge in [0.25, 0.3) is 0 Å². The Hall–Kier alpha value is -2.00. The number of nitrogens with two attached hydrogens (primary N) is 1. The molecule has 3 rings (SSSR count). The van der Waals surface area contributed by atoms with Crippen molar-refractivity contribution in [3.63, 3.8) is 0 Å². The van der Waals surface area contributed by atoms with E-state index in [4.69, 9.17) is 5.73 Å². The molecule has 1 atom stereocenters. The van der Waals surface area contributed by atoms with E-state index < -0.39 is 0 Å². The molecule has 0 aliphatic carbocycles. The topological polar surface area (TPSA) is 87.3 Å². The van der Waals surface area contributed by atoms with E-state index >= 15 is 0 Å². The van der Waals surface area contributed by atoms with Crippen LogP contribution in [-0.4, -0.2) is 65.1 Å². The minimum absolute atomic E-state index is 0.109. The lowest BCUT2D eigenvalue weighted by Crippen LogP contribution is -2.47. The minimum atomic E-state index is 0.109. The van der Waals surface area contributed by atoms with Crippen molar-refractivity contribution in [2.24, 2.45) is 0 Å². The molecule has 0 unspecified atom stereocenters. The summed E-state index contributed by atoms with van der Waals surface area (Å²) in [7, 11) is 3.80. The number of nitrogens with zero attached hydrogens (tertiary/aromatic N) is 7. The Morgan fingerprint density at radius 3 is 2.52 bits per heavy atom. The fourth-order valence-electron chi connectivity index (χ4n) is 2.62. The van der Waals surface area contributed by atoms with E-state index in [9.17, 15) is 0 Å². The van der Waals surface area contributed by atoms with Crippen LogP contribution in [-0.2, 0) is 0 Å². The lowest BCUT2D eigenvalue weighted by molar-refractivity contribution is 0.191. The molecule has 0 saturated carbocycles. The van der Waals surface area contributed by atoms with Crippen molar-refractivity contribution in [1.82, 2.24) is 24.8 Å². The van der Waals surface area contributed by atoms with Crippen molar-refractivity contribution in [2.75, 3.05) is 55.8 Å². The molecule has 3 heterocycles. The van der Waals surface area contributed by atoms with Gasteiger partial charge in [-0.05, 0) is 6.92 Å². The number of hydrogen-bond donors (Lipinski definition) is 1. The van der Waals surface area contributed by atoms with Gasteiger partial charge < -0.3 is 15.5 Å². The Labute approximate surface area is 140 Å². The van der Waals surface area contributed by atoms with Crippen LogP contribution in [0.15, 0.2) is 11.6 Å². The number of hydrogen-bond acceptors (Lipinski definition) is 9. The predicted octanol–water partition coefficient (Wildman–Crippen LogP) is 0.860. The van der Waals surface area contributed by atoms with Gasteiger partial charge in [-0.15, -0.1) is 11.3 Å². The van der Waals surface area contributed by atoms with Gasteiger partial charge in [0.15, 0.2) is 11.0 Å². The molecule has 124 valence electrons. The summed E-state index contributed by atoms with van der Waals surface area (Å²) in [4.78, 5) is 23.9. The molecule has 9 heteroatoms. The van der Waals surface area contributed by atoms with Crippen LogP contribution in [0.1, 0.15) is 18.8 Å². The lowest BCUT2D eigenvalue weighted by Gasteiger charge is -2.37. The SMILES string of the molecule is C[C@H](c1nc(N)nc(N(C)C)n1)N1CCN(c2nccs2)CC1. The Bertz CT molecular complexity index is 636. The predicted molar refractivity (Wildman–Crippen MR) is 92.9 cm³/mol. The summed E-state index contributed by atoms with van der Waals surface area (Å²) in [6, 6.07) is 0.109. The number of rotatable bonds is 4. The van der Waals surface area contributed by atoms with Gasteiger partial charge in [0.1, 0.15) is 0 Å². The smallest absolute Gasteiger partial charge is 0.229 e. The van der Waals surface area contributed by atoms with Crippen molar-refractivity contribution in [3.8, 4) is 0 Å². The summed E-state index contributed by atoms with van der Waals surface area (Å²) >= 11 is 1.68. The van der Waals surface area contributed by atoms with Crippen LogP contribution in [0.5, 0.6) is 0 Å². The van der Waals surface area contributed by atoms with Gasteiger partial charge in [-0.1, -0.05) is 0 Å². The minimum Gasteiger partial charge on any atom is -0.368 e. The molecule has 0 radical (unpaired) electrons. The molecular weight excluding hydrogens is 312 g/mol. The van der Waals surface area contributed by atoms with Crippen LogP contribution in [0.4, 0.5) is 17.0 Å². The van der Waals surface area contributed by atoms with E-state index in [0.717, 1.165) is 37.1 Å². The Morgan fingerprint density at radius 1 is 1.17 bits per heavy atom. The van der Waals surface area contributed by atoms with Crippen LogP contribution in [0.2, 0.25) is 0 Å². The second-order valence-electron chi connectivity index (χ2n) is 5.76. The molecule has 1 aliphatic heterocycles. The maximum Gasteiger partial charge on any atom is 0.229 e. The quantitative estimate of drug-likeness (QED) is 0.881. The van der Waals surface area contributed by atoms with E-state index in [-0.39, 0.29) is 12.0 Å². The number of thiazole rings is 1. The average molecular weight is 334 g/mol. The molecule has 1 saturated heterocycles. The highest BCUT2D eigenvalue weighted by Gasteiger charge is 2.25. The van der Waals surface area contributed by atoms with Crippen LogP contribution in [0.3, 0.4) is 0 Å². The number of aromatic nitrogens is 4. The van der Waals surface area contributed by atoms with Crippen LogP contribution >= 0.6 is 11.3 Å². The fourth-order valence-corrected chi connectivity index (χ4v) is 3.32. The van der Waals surface area contributed by atoms with Crippen LogP contribution in [0, 0.1) is 0 Å². The Morgan fingerprint density at radius 2 is 1.91 bits per heavy atom. The summed E-state index contributed by atoms with van der Waals surface area (Å²) in [6.07, 6.45) is 1.85. The van der Waals surface area contributed by atoms with Gasteiger partial charge in [0.05, 0.1) is 6.04 Å². The van der Waals surface area contributed by atoms with Crippen LogP contribution < -0.4 is 15.5 Å². The second-order valence-corrected chi connectivity index (χ2v) is 6.63. The molecule has 2 aromatic heterocycles. The number of piperazine rings is 1. The van der Waals surface area contributed by atoms with Crippen LogP contribution in [0.25, 0.3) is 0 Å². The van der Waals surface area contributed by atoms with E-state index in [1.165, 1.54) is 0 Å². The Kier molecular flexibility index (Phi) is 4.58. The first-order valence-electron chi connectivity index (χ1n) is 7.62. The van der Waals surface area contributed by atoms with Gasteiger partial charge >= 0.3 is 0 Å². The zero-order valence-electron chi connectivity index (χ0n) is 13.7. The van der Waals surface area contributed by atoms with Crippen molar-refractivity contribution in [1.29, 1.82) is 0 Å². The van der Waals surface area contributed by atoms with Gasteiger partial charge in [0, 0.05) is 51.9 Å². The largest absolute Gasteiger partial charge is 0.368 e. The van der Waals surface area contributed by atoms with Gasteiger partial charge in [-0.25, -0.2) is 4.98 Å². The standard InChI is InChI=1S/C14H22N8S/c1-10(11-17-12(15)19-13(18-11)20(2)3)21-5-7-22(8-6-21)14-16-4-9-23-14/h4,9-10H,5-8H2,1-3H3,(H2,15,17,18,19)/t10-/m1/s1. The highest BCUT2D eigenvalue weighted by Crippen LogP contribution is 2.24. The van der Waals surface area contributed by atoms with Gasteiger partial charge in [-0.3, -0.25) is 4.90 Å². The summed E-state index contributed by atoms with van der Waals surface area (Å²) in [5.41, 5.74) is 5.83. The molecule has 1 aliphatic rings. The third-order valence-corrected chi connectivity index (χ3v) is 4.82. The summed E-state index contributed by atoms with van der Waals surface area (Å²) in [6.45, 7) is 5.93. The van der Waals surface area contributed by atoms with E-state index in [0.29, 0.717) is 5.95 Å². The third kappa shape index (κ3) is 3.50. The summed E-state index contributed by atoms with van der Waals surface area (Å²) in [5.74, 6) is 1.59. The third-order valence-electron chi connectivity index (χ3n) is 3.98. The maximum absolute atomic E-state index is 5.83. The molecule has 1 fully saturated rings. The molecule has 0 aromatic carbocycles. The molecule has 23 heavy (non-hydrogen) atoms. The first-order chi connectivity index (χ1) is 11.0. The van der Waals surface area contributed by atoms with E-state index in [1.54, 1.807) is 11.3 Å². The monoisotopic (exact) mass is 334 g/mol. The maximum atomic E-state index is 5.83. The van der Waals surface area contributed by atoms with Crippen molar-refractivity contribution < 1.29 is 0 Å². The first kappa shape index (κ1) is 15.9. The normalized spacial score (nSPS) is 17.3. The highest BCUT2D eigenvalue weighted by atomic mass is 32.1. The average Bonchev–Trinajstić information content (AvgIpc) is 3.08. The highest BCUT2D eigenvalue weighted by molar-refractivity contribution is 7.13. The zero-order valence-corrected chi connectivity index (χ0v) is 14.5. The first-order valence-corrected chi connectivity index (χ1v) is 8.50. The molecule has 8 nitrogen and oxygen atoms in total. The zero-order chi connectivity index (χ0) is 16.4. The van der Waals surface area contributed by atoms with Crippen molar-refractivity contribution in [2.45, 2.75) is 13.0 Å². The van der Waals surface area contributed by atoms with Crippen molar-refractivity contribution in [3.05, 3.63) is 17.4 Å². The lowest BCUT2D eigenvalue weighted by atomic mass is 10.2. The van der Waals surface area contributed by atoms with Gasteiger partial charge in [0.2, 0.25) is 11.9 Å². The van der Waals surface area contributed by atoms with Crippen molar-refractivity contribution >= 4 is 28.4 Å². The fraction of sp³-hybridized carbons (Fsp3) is 0.571. The van der Waals surface area contributed by atoms with E-state index in [1.807, 2.05) is 30.6 Å². The molecular formula is C14H22N8S. The van der Waals surface area contributed by atoms with E-state index in [2.05, 4.69) is 36.7 Å². The number of anilines is 3. The van der Waals surface area contributed by atoms with Gasteiger partial charge in [-0.2, -0.15) is 15.0 Å². The number of nitrogen functional groups attached to an aromatic ring is 1. The molecule has 0 spiro atoms.